The number of amides is 3. The van der Waals surface area contributed by atoms with Gasteiger partial charge in [-0.3, -0.25) is 9.69 Å². The van der Waals surface area contributed by atoms with E-state index in [0.717, 1.165) is 10.5 Å². The van der Waals surface area contributed by atoms with E-state index in [0.29, 0.717) is 31.8 Å². The van der Waals surface area contributed by atoms with Gasteiger partial charge in [0, 0.05) is 12.7 Å². The summed E-state index contributed by atoms with van der Waals surface area (Å²) in [5, 5.41) is 2.58. The van der Waals surface area contributed by atoms with Crippen LogP contribution in [0.4, 0.5) is 4.79 Å². The Bertz CT molecular complexity index is 262. The highest BCUT2D eigenvalue weighted by atomic mass is 16.2. The third kappa shape index (κ3) is 5.50. The summed E-state index contributed by atoms with van der Waals surface area (Å²) in [7, 11) is 0. The lowest BCUT2D eigenvalue weighted by atomic mass is 10.1. The van der Waals surface area contributed by atoms with Gasteiger partial charge in [-0.05, 0) is 25.8 Å². The van der Waals surface area contributed by atoms with E-state index < -0.39 is 6.03 Å². The minimum atomic E-state index is -0.413. The van der Waals surface area contributed by atoms with Crippen LogP contribution in [0.15, 0.2) is 11.8 Å². The van der Waals surface area contributed by atoms with Gasteiger partial charge in [-0.25, -0.2) is 4.79 Å². The number of hydrogen-bond acceptors (Lipinski definition) is 3. The van der Waals surface area contributed by atoms with Crippen molar-refractivity contribution in [2.45, 2.75) is 27.2 Å². The Kier molecular flexibility index (Phi) is 7.20. The molecule has 0 fully saturated rings. The fourth-order valence-corrected chi connectivity index (χ4v) is 0.889. The van der Waals surface area contributed by atoms with Gasteiger partial charge in [-0.2, -0.15) is 0 Å². The molecule has 0 spiro atoms. The summed E-state index contributed by atoms with van der Waals surface area (Å²) in [6.45, 7) is 6.79. The minimum absolute atomic E-state index is 0.348. The molecular formula is C11H21N3O2. The first-order chi connectivity index (χ1) is 7.52. The van der Waals surface area contributed by atoms with Crippen LogP contribution in [0.25, 0.3) is 0 Å². The second kappa shape index (κ2) is 7.87. The summed E-state index contributed by atoms with van der Waals surface area (Å²) >= 11 is 0. The van der Waals surface area contributed by atoms with E-state index in [1.54, 1.807) is 6.20 Å². The van der Waals surface area contributed by atoms with Crippen molar-refractivity contribution >= 4 is 12.4 Å². The van der Waals surface area contributed by atoms with Gasteiger partial charge in [0.1, 0.15) is 0 Å². The molecule has 0 unspecified atom stereocenters. The highest BCUT2D eigenvalue weighted by Crippen LogP contribution is 2.05. The lowest BCUT2D eigenvalue weighted by molar-refractivity contribution is -0.115. The van der Waals surface area contributed by atoms with E-state index in [1.807, 2.05) is 20.8 Å². The van der Waals surface area contributed by atoms with Crippen molar-refractivity contribution in [1.29, 1.82) is 0 Å². The maximum Gasteiger partial charge on any atom is 0.327 e. The van der Waals surface area contributed by atoms with Crippen LogP contribution in [-0.2, 0) is 4.79 Å². The van der Waals surface area contributed by atoms with Gasteiger partial charge < -0.3 is 11.1 Å². The fraction of sp³-hybridized carbons (Fsp3) is 0.636. The van der Waals surface area contributed by atoms with Crippen molar-refractivity contribution in [3.8, 4) is 0 Å². The number of hydrogen-bond donors (Lipinski definition) is 2. The molecule has 0 atom stereocenters. The van der Waals surface area contributed by atoms with Crippen molar-refractivity contribution in [2.75, 3.05) is 13.1 Å². The number of nitrogens with two attached hydrogens (primary N) is 1. The number of urea groups is 1. The number of carbonyl (C=O) groups excluding carboxylic acids is 2. The van der Waals surface area contributed by atoms with Crippen molar-refractivity contribution in [1.82, 2.24) is 10.2 Å². The van der Waals surface area contributed by atoms with E-state index in [9.17, 15) is 9.59 Å². The number of carbonyl (C=O) groups is 2. The predicted octanol–water partition coefficient (Wildman–Crippen LogP) is 1.06. The highest BCUT2D eigenvalue weighted by molar-refractivity contribution is 5.85. The molecule has 3 N–H and O–H groups in total. The molecule has 0 aliphatic heterocycles. The van der Waals surface area contributed by atoms with Crippen LogP contribution in [0.1, 0.15) is 27.2 Å². The second-order valence-electron chi connectivity index (χ2n) is 3.93. The van der Waals surface area contributed by atoms with Crippen molar-refractivity contribution in [3.05, 3.63) is 11.8 Å². The molecule has 0 saturated carbocycles. The summed E-state index contributed by atoms with van der Waals surface area (Å²) in [5.74, 6) is 0.369. The SMILES string of the molecule is C/C(=C\NC(=O)N(C=O)CCCN)C(C)C. The van der Waals surface area contributed by atoms with Gasteiger partial charge in [-0.15, -0.1) is 0 Å². The summed E-state index contributed by atoms with van der Waals surface area (Å²) < 4.78 is 0. The third-order valence-corrected chi connectivity index (χ3v) is 2.33. The molecule has 5 nitrogen and oxygen atoms in total. The molecule has 0 rings (SSSR count). The van der Waals surface area contributed by atoms with Crippen LogP contribution >= 0.6 is 0 Å². The first-order valence-corrected chi connectivity index (χ1v) is 5.42. The predicted molar refractivity (Wildman–Crippen MR) is 63.6 cm³/mol. The van der Waals surface area contributed by atoms with Gasteiger partial charge in [0.2, 0.25) is 6.41 Å². The fourth-order valence-electron chi connectivity index (χ4n) is 0.889. The average Bonchev–Trinajstić information content (AvgIpc) is 2.26. The van der Waals surface area contributed by atoms with Gasteiger partial charge in [0.05, 0.1) is 0 Å². The van der Waals surface area contributed by atoms with Crippen LogP contribution in [0, 0.1) is 5.92 Å². The van der Waals surface area contributed by atoms with Crippen molar-refractivity contribution < 1.29 is 9.59 Å². The Morgan fingerprint density at radius 3 is 2.56 bits per heavy atom. The first kappa shape index (κ1) is 14.6. The van der Waals surface area contributed by atoms with Crippen LogP contribution in [0.2, 0.25) is 0 Å². The summed E-state index contributed by atoms with van der Waals surface area (Å²) in [6, 6.07) is -0.413. The normalized spacial score (nSPS) is 11.4. The Labute approximate surface area is 96.7 Å². The number of nitrogens with one attached hydrogen (secondary N) is 1. The molecule has 3 amide bonds. The Morgan fingerprint density at radius 2 is 2.12 bits per heavy atom. The second-order valence-corrected chi connectivity index (χ2v) is 3.93. The lowest BCUT2D eigenvalue weighted by Crippen LogP contribution is -2.38. The topological polar surface area (TPSA) is 75.4 Å². The van der Waals surface area contributed by atoms with Gasteiger partial charge in [-0.1, -0.05) is 19.4 Å². The quantitative estimate of drug-likeness (QED) is 0.666. The molecule has 0 aliphatic rings. The number of nitrogens with zero attached hydrogens (tertiary/aromatic N) is 1. The first-order valence-electron chi connectivity index (χ1n) is 5.42. The smallest absolute Gasteiger partial charge is 0.327 e. The van der Waals surface area contributed by atoms with E-state index >= 15 is 0 Å². The molecule has 5 heteroatoms. The molecule has 0 aliphatic carbocycles. The Morgan fingerprint density at radius 1 is 1.50 bits per heavy atom. The number of allylic oxidation sites excluding steroid dienone is 1. The lowest BCUT2D eigenvalue weighted by Gasteiger charge is -2.15. The summed E-state index contributed by atoms with van der Waals surface area (Å²) in [6.07, 6.45) is 2.76. The zero-order valence-electron chi connectivity index (χ0n) is 10.2. The van der Waals surface area contributed by atoms with E-state index in [1.165, 1.54) is 0 Å². The minimum Gasteiger partial charge on any atom is -0.330 e. The molecule has 0 bridgehead atoms. The third-order valence-electron chi connectivity index (χ3n) is 2.33. The molecule has 0 radical (unpaired) electrons. The molecule has 0 saturated heterocycles. The molecular weight excluding hydrogens is 206 g/mol. The van der Waals surface area contributed by atoms with E-state index in [2.05, 4.69) is 5.32 Å². The summed E-state index contributed by atoms with van der Waals surface area (Å²) in [4.78, 5) is 23.2. The van der Waals surface area contributed by atoms with E-state index in [-0.39, 0.29) is 0 Å². The van der Waals surface area contributed by atoms with Gasteiger partial charge >= 0.3 is 6.03 Å². The molecule has 92 valence electrons. The standard InChI is InChI=1S/C11H21N3O2/c1-9(2)10(3)7-13-11(16)14(8-15)6-4-5-12/h7-9H,4-6,12H2,1-3H3,(H,13,16)/b10-7+. The average molecular weight is 227 g/mol. The number of imide groups is 1. The maximum atomic E-state index is 11.5. The molecule has 16 heavy (non-hydrogen) atoms. The molecule has 0 aromatic carbocycles. The van der Waals surface area contributed by atoms with Crippen LogP contribution in [0.3, 0.4) is 0 Å². The number of rotatable bonds is 6. The maximum absolute atomic E-state index is 11.5. The zero-order valence-corrected chi connectivity index (χ0v) is 10.2. The Balaban J connectivity index is 4.21. The molecule has 0 heterocycles. The highest BCUT2D eigenvalue weighted by Gasteiger charge is 2.10. The largest absolute Gasteiger partial charge is 0.330 e. The van der Waals surface area contributed by atoms with Crippen LogP contribution in [0.5, 0.6) is 0 Å². The molecule has 0 aromatic rings. The zero-order chi connectivity index (χ0) is 12.6. The van der Waals surface area contributed by atoms with E-state index in [4.69, 9.17) is 5.73 Å². The van der Waals surface area contributed by atoms with Crippen molar-refractivity contribution in [2.24, 2.45) is 11.7 Å². The van der Waals surface area contributed by atoms with Gasteiger partial charge in [0.25, 0.3) is 0 Å². The Hall–Kier alpha value is -1.36. The van der Waals surface area contributed by atoms with Crippen LogP contribution < -0.4 is 11.1 Å². The van der Waals surface area contributed by atoms with Crippen molar-refractivity contribution in [3.63, 3.8) is 0 Å². The monoisotopic (exact) mass is 227 g/mol. The molecule has 0 aromatic heterocycles. The van der Waals surface area contributed by atoms with Gasteiger partial charge in [0.15, 0.2) is 0 Å². The van der Waals surface area contributed by atoms with Crippen LogP contribution in [-0.4, -0.2) is 30.4 Å². The summed E-state index contributed by atoms with van der Waals surface area (Å²) in [5.41, 5.74) is 6.36.